The van der Waals surface area contributed by atoms with Crippen LogP contribution < -0.4 is 10.6 Å². The zero-order valence-corrected chi connectivity index (χ0v) is 12.2. The van der Waals surface area contributed by atoms with E-state index in [9.17, 15) is 9.59 Å². The van der Waals surface area contributed by atoms with Crippen molar-refractivity contribution < 1.29 is 9.59 Å². The Kier molecular flexibility index (Phi) is 4.94. The molecule has 0 radical (unpaired) electrons. The van der Waals surface area contributed by atoms with Crippen molar-refractivity contribution in [1.82, 2.24) is 15.1 Å². The van der Waals surface area contributed by atoms with E-state index in [0.29, 0.717) is 17.1 Å². The number of amides is 2. The summed E-state index contributed by atoms with van der Waals surface area (Å²) in [5.74, 6) is 0.0111. The highest BCUT2D eigenvalue weighted by Crippen LogP contribution is 2.10. The zero-order chi connectivity index (χ0) is 15.2. The van der Waals surface area contributed by atoms with Gasteiger partial charge in [0.15, 0.2) is 0 Å². The van der Waals surface area contributed by atoms with Gasteiger partial charge < -0.3 is 10.6 Å². The van der Waals surface area contributed by atoms with E-state index in [4.69, 9.17) is 11.6 Å². The van der Waals surface area contributed by atoms with Crippen molar-refractivity contribution in [3.63, 3.8) is 0 Å². The van der Waals surface area contributed by atoms with Crippen molar-refractivity contribution in [2.75, 3.05) is 12.4 Å². The summed E-state index contributed by atoms with van der Waals surface area (Å²) in [6.07, 6.45) is 3.09. The van der Waals surface area contributed by atoms with Crippen LogP contribution in [0, 0.1) is 0 Å². The van der Waals surface area contributed by atoms with E-state index in [1.165, 1.54) is 10.9 Å². The highest BCUT2D eigenvalue weighted by atomic mass is 35.5. The Balaban J connectivity index is 2.00. The average molecular weight is 307 g/mol. The van der Waals surface area contributed by atoms with Gasteiger partial charge in [-0.3, -0.25) is 14.3 Å². The minimum Gasteiger partial charge on any atom is -0.358 e. The number of halogens is 1. The SMILES string of the molecule is CNC(=O)Cn1cc(NC(=O)c2ccc(CCl)cc2)cn1. The fourth-order valence-corrected chi connectivity index (χ4v) is 1.87. The first-order valence-corrected chi connectivity index (χ1v) is 6.85. The van der Waals surface area contributed by atoms with E-state index >= 15 is 0 Å². The van der Waals surface area contributed by atoms with Crippen molar-refractivity contribution in [3.05, 3.63) is 47.8 Å². The highest BCUT2D eigenvalue weighted by molar-refractivity contribution is 6.17. The maximum Gasteiger partial charge on any atom is 0.255 e. The Morgan fingerprint density at radius 2 is 2.00 bits per heavy atom. The minimum absolute atomic E-state index is 0.108. The second-order valence-corrected chi connectivity index (χ2v) is 4.65. The first kappa shape index (κ1) is 15.1. The zero-order valence-electron chi connectivity index (χ0n) is 11.5. The third-order valence-electron chi connectivity index (χ3n) is 2.85. The molecule has 7 heteroatoms. The maximum absolute atomic E-state index is 12.0. The molecule has 110 valence electrons. The van der Waals surface area contributed by atoms with Crippen molar-refractivity contribution in [2.24, 2.45) is 0 Å². The van der Waals surface area contributed by atoms with Crippen LogP contribution in [0.3, 0.4) is 0 Å². The summed E-state index contributed by atoms with van der Waals surface area (Å²) >= 11 is 5.70. The van der Waals surface area contributed by atoms with Crippen LogP contribution in [0.2, 0.25) is 0 Å². The smallest absolute Gasteiger partial charge is 0.255 e. The van der Waals surface area contributed by atoms with Gasteiger partial charge in [-0.2, -0.15) is 5.10 Å². The van der Waals surface area contributed by atoms with Crippen LogP contribution in [0.4, 0.5) is 5.69 Å². The molecule has 0 atom stereocenters. The lowest BCUT2D eigenvalue weighted by Crippen LogP contribution is -2.23. The summed E-state index contributed by atoms with van der Waals surface area (Å²) < 4.78 is 1.45. The molecule has 2 N–H and O–H groups in total. The summed E-state index contributed by atoms with van der Waals surface area (Å²) in [6.45, 7) is 0.108. The Hall–Kier alpha value is -2.34. The van der Waals surface area contributed by atoms with Crippen LogP contribution in [-0.4, -0.2) is 28.6 Å². The minimum atomic E-state index is -0.240. The number of carbonyl (C=O) groups excluding carboxylic acids is 2. The van der Waals surface area contributed by atoms with Crippen molar-refractivity contribution in [1.29, 1.82) is 0 Å². The van der Waals surface area contributed by atoms with Gasteiger partial charge in [0.2, 0.25) is 5.91 Å². The number of aromatic nitrogens is 2. The van der Waals surface area contributed by atoms with Gasteiger partial charge in [0.25, 0.3) is 5.91 Å². The summed E-state index contributed by atoms with van der Waals surface area (Å²) in [4.78, 5) is 23.3. The van der Waals surface area contributed by atoms with Gasteiger partial charge in [0.05, 0.1) is 11.9 Å². The molecule has 2 aromatic rings. The molecule has 0 aliphatic carbocycles. The summed E-state index contributed by atoms with van der Waals surface area (Å²) in [5.41, 5.74) is 2.01. The largest absolute Gasteiger partial charge is 0.358 e. The third kappa shape index (κ3) is 4.06. The molecule has 0 saturated carbocycles. The van der Waals surface area contributed by atoms with Crippen LogP contribution in [-0.2, 0) is 17.2 Å². The van der Waals surface area contributed by atoms with Gasteiger partial charge in [-0.1, -0.05) is 12.1 Å². The van der Waals surface area contributed by atoms with E-state index in [2.05, 4.69) is 15.7 Å². The lowest BCUT2D eigenvalue weighted by Gasteiger charge is -2.03. The molecule has 0 aliphatic rings. The number of anilines is 1. The molecule has 0 aliphatic heterocycles. The summed E-state index contributed by atoms with van der Waals surface area (Å²) in [7, 11) is 1.55. The first-order chi connectivity index (χ1) is 10.1. The van der Waals surface area contributed by atoms with Gasteiger partial charge in [0, 0.05) is 24.7 Å². The first-order valence-electron chi connectivity index (χ1n) is 6.31. The molecule has 2 rings (SSSR count). The topological polar surface area (TPSA) is 76.0 Å². The molecule has 0 fully saturated rings. The van der Waals surface area contributed by atoms with Crippen LogP contribution in [0.25, 0.3) is 0 Å². The Labute approximate surface area is 127 Å². The van der Waals surface area contributed by atoms with E-state index in [1.54, 1.807) is 37.5 Å². The highest BCUT2D eigenvalue weighted by Gasteiger charge is 2.08. The number of nitrogens with one attached hydrogen (secondary N) is 2. The number of hydrogen-bond donors (Lipinski definition) is 2. The van der Waals surface area contributed by atoms with Gasteiger partial charge >= 0.3 is 0 Å². The quantitative estimate of drug-likeness (QED) is 0.824. The lowest BCUT2D eigenvalue weighted by molar-refractivity contribution is -0.121. The fourth-order valence-electron chi connectivity index (χ4n) is 1.69. The molecule has 1 aromatic heterocycles. The molecule has 2 amide bonds. The Morgan fingerprint density at radius 1 is 1.29 bits per heavy atom. The van der Waals surface area contributed by atoms with Gasteiger partial charge in [-0.05, 0) is 17.7 Å². The molecule has 0 unspecified atom stereocenters. The molecular formula is C14H15ClN4O2. The van der Waals surface area contributed by atoms with E-state index in [1.807, 2.05) is 0 Å². The number of alkyl halides is 1. The normalized spacial score (nSPS) is 10.2. The number of likely N-dealkylation sites (N-methyl/N-ethyl adjacent to an activating group) is 1. The van der Waals surface area contributed by atoms with E-state index < -0.39 is 0 Å². The van der Waals surface area contributed by atoms with Crippen LogP contribution >= 0.6 is 11.6 Å². The number of carbonyl (C=O) groups is 2. The molecular weight excluding hydrogens is 292 g/mol. The molecule has 0 saturated heterocycles. The number of benzene rings is 1. The number of nitrogens with zero attached hydrogens (tertiary/aromatic N) is 2. The predicted octanol–water partition coefficient (Wildman–Crippen LogP) is 1.62. The Bertz CT molecular complexity index is 637. The second kappa shape index (κ2) is 6.90. The lowest BCUT2D eigenvalue weighted by atomic mass is 10.1. The van der Waals surface area contributed by atoms with Crippen LogP contribution in [0.5, 0.6) is 0 Å². The molecule has 0 spiro atoms. The standard InChI is InChI=1S/C14H15ClN4O2/c1-16-13(20)9-19-8-12(7-17-19)18-14(21)11-4-2-10(6-15)3-5-11/h2-5,7-8H,6,9H2,1H3,(H,16,20)(H,18,21). The molecule has 6 nitrogen and oxygen atoms in total. The monoisotopic (exact) mass is 306 g/mol. The second-order valence-electron chi connectivity index (χ2n) is 4.38. The van der Waals surface area contributed by atoms with Crippen molar-refractivity contribution >= 4 is 29.1 Å². The molecule has 1 heterocycles. The summed E-state index contributed by atoms with van der Waals surface area (Å²) in [5, 5.41) is 9.22. The van der Waals surface area contributed by atoms with Gasteiger partial charge in [0.1, 0.15) is 6.54 Å². The van der Waals surface area contributed by atoms with Crippen LogP contribution in [0.15, 0.2) is 36.7 Å². The molecule has 1 aromatic carbocycles. The average Bonchev–Trinajstić information content (AvgIpc) is 2.94. The van der Waals surface area contributed by atoms with E-state index in [0.717, 1.165) is 5.56 Å². The number of hydrogen-bond acceptors (Lipinski definition) is 3. The maximum atomic E-state index is 12.0. The fraction of sp³-hybridized carbons (Fsp3) is 0.214. The molecule has 0 bridgehead atoms. The Morgan fingerprint density at radius 3 is 2.62 bits per heavy atom. The number of rotatable bonds is 5. The third-order valence-corrected chi connectivity index (χ3v) is 3.15. The van der Waals surface area contributed by atoms with Crippen molar-refractivity contribution in [3.8, 4) is 0 Å². The van der Waals surface area contributed by atoms with Crippen molar-refractivity contribution in [2.45, 2.75) is 12.4 Å². The van der Waals surface area contributed by atoms with Gasteiger partial charge in [-0.15, -0.1) is 11.6 Å². The molecule has 21 heavy (non-hydrogen) atoms. The van der Waals surface area contributed by atoms with Crippen LogP contribution in [0.1, 0.15) is 15.9 Å². The van der Waals surface area contributed by atoms with E-state index in [-0.39, 0.29) is 18.4 Å². The predicted molar refractivity (Wildman–Crippen MR) is 80.2 cm³/mol. The van der Waals surface area contributed by atoms with Gasteiger partial charge in [-0.25, -0.2) is 0 Å². The summed E-state index contributed by atoms with van der Waals surface area (Å²) in [6, 6.07) is 7.03.